The lowest BCUT2D eigenvalue weighted by atomic mass is 10.2. The van der Waals surface area contributed by atoms with Crippen molar-refractivity contribution >= 4 is 11.6 Å². The van der Waals surface area contributed by atoms with E-state index in [0.29, 0.717) is 18.2 Å². The van der Waals surface area contributed by atoms with Gasteiger partial charge < -0.3 is 5.32 Å². The summed E-state index contributed by atoms with van der Waals surface area (Å²) in [5.74, 6) is 7.91. The Labute approximate surface area is 135 Å². The fourth-order valence-electron chi connectivity index (χ4n) is 2.21. The van der Waals surface area contributed by atoms with Gasteiger partial charge in [-0.3, -0.25) is 5.01 Å². The van der Waals surface area contributed by atoms with Gasteiger partial charge in [0.25, 0.3) is 0 Å². The molecule has 1 heterocycles. The molecular weight excluding hydrogens is 286 g/mol. The highest BCUT2D eigenvalue weighted by molar-refractivity contribution is 5.61. The summed E-state index contributed by atoms with van der Waals surface area (Å²) in [7, 11) is 1.76. The molecule has 3 rings (SSSR count). The lowest BCUT2D eigenvalue weighted by Crippen LogP contribution is -2.26. The average molecular weight is 305 g/mol. The monoisotopic (exact) mass is 305 g/mol. The molecular formula is C18H19N5. The van der Waals surface area contributed by atoms with Crippen LogP contribution in [0.4, 0.5) is 11.6 Å². The number of rotatable bonds is 5. The van der Waals surface area contributed by atoms with Gasteiger partial charge in [0.15, 0.2) is 5.82 Å². The van der Waals surface area contributed by atoms with Crippen LogP contribution < -0.4 is 16.2 Å². The molecule has 116 valence electrons. The summed E-state index contributed by atoms with van der Waals surface area (Å²) in [6.07, 6.45) is 0. The summed E-state index contributed by atoms with van der Waals surface area (Å²) in [5.41, 5.74) is 2.15. The molecule has 0 unspecified atom stereocenters. The normalized spacial score (nSPS) is 10.3. The maximum atomic E-state index is 5.85. The first-order valence-corrected chi connectivity index (χ1v) is 7.43. The number of hydrogen-bond acceptors (Lipinski definition) is 5. The zero-order valence-corrected chi connectivity index (χ0v) is 13.0. The van der Waals surface area contributed by atoms with Crippen molar-refractivity contribution in [3.8, 4) is 11.4 Å². The van der Waals surface area contributed by atoms with Crippen LogP contribution in [0.1, 0.15) is 5.56 Å². The molecule has 0 radical (unpaired) electrons. The number of aromatic nitrogens is 2. The summed E-state index contributed by atoms with van der Waals surface area (Å²) in [5, 5.41) is 4.82. The second-order valence-electron chi connectivity index (χ2n) is 5.25. The summed E-state index contributed by atoms with van der Waals surface area (Å²) < 4.78 is 0. The number of anilines is 2. The molecule has 0 fully saturated rings. The van der Waals surface area contributed by atoms with E-state index in [1.54, 1.807) is 7.05 Å². The number of nitrogens with one attached hydrogen (secondary N) is 1. The third kappa shape index (κ3) is 3.84. The van der Waals surface area contributed by atoms with Crippen LogP contribution in [0.3, 0.4) is 0 Å². The second-order valence-corrected chi connectivity index (χ2v) is 5.25. The molecule has 1 aromatic heterocycles. The van der Waals surface area contributed by atoms with Crippen molar-refractivity contribution in [2.75, 3.05) is 17.4 Å². The minimum absolute atomic E-state index is 0.649. The number of benzene rings is 2. The van der Waals surface area contributed by atoms with E-state index < -0.39 is 0 Å². The van der Waals surface area contributed by atoms with Gasteiger partial charge in [0, 0.05) is 25.2 Å². The predicted molar refractivity (Wildman–Crippen MR) is 93.8 cm³/mol. The standard InChI is InChI=1S/C18H19N5/c1-23(19)17-12-16(20-13-14-8-4-2-5-9-14)21-18(22-17)15-10-6-3-7-11-15/h2-12H,13,19H2,1H3,(H,20,21,22). The van der Waals surface area contributed by atoms with E-state index in [4.69, 9.17) is 5.84 Å². The molecule has 5 heteroatoms. The molecule has 5 nitrogen and oxygen atoms in total. The van der Waals surface area contributed by atoms with Gasteiger partial charge in [0.1, 0.15) is 11.6 Å². The Hall–Kier alpha value is -2.92. The van der Waals surface area contributed by atoms with E-state index in [9.17, 15) is 0 Å². The van der Waals surface area contributed by atoms with Gasteiger partial charge in [0.05, 0.1) is 0 Å². The maximum absolute atomic E-state index is 5.85. The number of nitrogens with zero attached hydrogens (tertiary/aromatic N) is 3. The third-order valence-electron chi connectivity index (χ3n) is 3.42. The van der Waals surface area contributed by atoms with Crippen molar-refractivity contribution in [3.63, 3.8) is 0 Å². The Balaban J connectivity index is 1.88. The first-order chi connectivity index (χ1) is 11.2. The minimum Gasteiger partial charge on any atom is -0.366 e. The molecule has 3 N–H and O–H groups in total. The number of nitrogens with two attached hydrogens (primary N) is 1. The quantitative estimate of drug-likeness (QED) is 0.560. The first kappa shape index (κ1) is 15.0. The average Bonchev–Trinajstić information content (AvgIpc) is 2.61. The van der Waals surface area contributed by atoms with Crippen molar-refractivity contribution in [2.45, 2.75) is 6.54 Å². The van der Waals surface area contributed by atoms with Crippen LogP contribution in [-0.4, -0.2) is 17.0 Å². The molecule has 0 aliphatic heterocycles. The zero-order valence-electron chi connectivity index (χ0n) is 13.0. The van der Waals surface area contributed by atoms with Gasteiger partial charge in [0.2, 0.25) is 0 Å². The Kier molecular flexibility index (Phi) is 4.49. The maximum Gasteiger partial charge on any atom is 0.163 e. The van der Waals surface area contributed by atoms with Gasteiger partial charge in [-0.25, -0.2) is 15.8 Å². The zero-order chi connectivity index (χ0) is 16.1. The second kappa shape index (κ2) is 6.89. The molecule has 0 saturated heterocycles. The van der Waals surface area contributed by atoms with Crippen LogP contribution in [0.5, 0.6) is 0 Å². The van der Waals surface area contributed by atoms with Crippen LogP contribution in [-0.2, 0) is 6.54 Å². The number of hydrazine groups is 1. The topological polar surface area (TPSA) is 67.1 Å². The van der Waals surface area contributed by atoms with E-state index in [1.165, 1.54) is 10.6 Å². The largest absolute Gasteiger partial charge is 0.366 e. The van der Waals surface area contributed by atoms with Crippen LogP contribution >= 0.6 is 0 Å². The lowest BCUT2D eigenvalue weighted by molar-refractivity contribution is 0.962. The minimum atomic E-state index is 0.649. The van der Waals surface area contributed by atoms with Gasteiger partial charge in [-0.15, -0.1) is 0 Å². The van der Waals surface area contributed by atoms with E-state index >= 15 is 0 Å². The molecule has 23 heavy (non-hydrogen) atoms. The fraction of sp³-hybridized carbons (Fsp3) is 0.111. The molecule has 0 aliphatic rings. The van der Waals surface area contributed by atoms with Crippen LogP contribution in [0.25, 0.3) is 11.4 Å². The highest BCUT2D eigenvalue weighted by atomic mass is 15.4. The molecule has 3 aromatic rings. The summed E-state index contributed by atoms with van der Waals surface area (Å²) in [6.45, 7) is 0.694. The van der Waals surface area contributed by atoms with E-state index in [0.717, 1.165) is 11.4 Å². The van der Waals surface area contributed by atoms with Crippen LogP contribution in [0.15, 0.2) is 66.7 Å². The molecule has 0 aliphatic carbocycles. The number of hydrogen-bond donors (Lipinski definition) is 2. The molecule has 0 amide bonds. The van der Waals surface area contributed by atoms with E-state index in [1.807, 2.05) is 54.6 Å². The third-order valence-corrected chi connectivity index (χ3v) is 3.42. The van der Waals surface area contributed by atoms with Crippen molar-refractivity contribution in [1.29, 1.82) is 0 Å². The Morgan fingerprint density at radius 1 is 0.957 bits per heavy atom. The smallest absolute Gasteiger partial charge is 0.163 e. The highest BCUT2D eigenvalue weighted by Crippen LogP contribution is 2.21. The Morgan fingerprint density at radius 2 is 1.61 bits per heavy atom. The molecule has 0 bridgehead atoms. The van der Waals surface area contributed by atoms with E-state index in [2.05, 4.69) is 27.4 Å². The van der Waals surface area contributed by atoms with Crippen molar-refractivity contribution in [2.24, 2.45) is 5.84 Å². The van der Waals surface area contributed by atoms with Gasteiger partial charge >= 0.3 is 0 Å². The van der Waals surface area contributed by atoms with E-state index in [-0.39, 0.29) is 0 Å². The predicted octanol–water partition coefficient (Wildman–Crippen LogP) is 3.07. The SMILES string of the molecule is CN(N)c1cc(NCc2ccccc2)nc(-c2ccccc2)n1. The summed E-state index contributed by atoms with van der Waals surface area (Å²) in [4.78, 5) is 9.10. The first-order valence-electron chi connectivity index (χ1n) is 7.43. The molecule has 0 spiro atoms. The molecule has 0 atom stereocenters. The Morgan fingerprint density at radius 3 is 2.26 bits per heavy atom. The van der Waals surface area contributed by atoms with Gasteiger partial charge in [-0.2, -0.15) is 0 Å². The van der Waals surface area contributed by atoms with Gasteiger partial charge in [-0.1, -0.05) is 60.7 Å². The fourth-order valence-corrected chi connectivity index (χ4v) is 2.21. The highest BCUT2D eigenvalue weighted by Gasteiger charge is 2.08. The van der Waals surface area contributed by atoms with Crippen LogP contribution in [0, 0.1) is 0 Å². The van der Waals surface area contributed by atoms with Crippen molar-refractivity contribution in [3.05, 3.63) is 72.3 Å². The van der Waals surface area contributed by atoms with Crippen molar-refractivity contribution < 1.29 is 0 Å². The lowest BCUT2D eigenvalue weighted by Gasteiger charge is -2.15. The van der Waals surface area contributed by atoms with Crippen molar-refractivity contribution in [1.82, 2.24) is 9.97 Å². The summed E-state index contributed by atoms with van der Waals surface area (Å²) in [6, 6.07) is 21.9. The van der Waals surface area contributed by atoms with Gasteiger partial charge in [-0.05, 0) is 5.56 Å². The molecule has 0 saturated carbocycles. The van der Waals surface area contributed by atoms with Crippen LogP contribution in [0.2, 0.25) is 0 Å². The summed E-state index contributed by atoms with van der Waals surface area (Å²) >= 11 is 0. The molecule has 2 aromatic carbocycles. The Bertz CT molecular complexity index is 757.